The van der Waals surface area contributed by atoms with E-state index >= 15 is 0 Å². The fourth-order valence-corrected chi connectivity index (χ4v) is 3.94. The summed E-state index contributed by atoms with van der Waals surface area (Å²) in [4.78, 5) is 26.3. The summed E-state index contributed by atoms with van der Waals surface area (Å²) in [6.45, 7) is 2.29. The Kier molecular flexibility index (Phi) is 6.45. The maximum Gasteiger partial charge on any atom is 0.321 e. The van der Waals surface area contributed by atoms with Gasteiger partial charge in [-0.1, -0.05) is 25.7 Å². The van der Waals surface area contributed by atoms with Gasteiger partial charge in [-0.25, -0.2) is 4.79 Å². The topological polar surface area (TPSA) is 79.9 Å². The summed E-state index contributed by atoms with van der Waals surface area (Å²) < 4.78 is 11.2. The van der Waals surface area contributed by atoms with Crippen LogP contribution >= 0.6 is 0 Å². The number of hydrogen-bond donors (Lipinski definition) is 2. The lowest BCUT2D eigenvalue weighted by Crippen LogP contribution is -2.53. The van der Waals surface area contributed by atoms with Crippen LogP contribution in [-0.2, 0) is 14.3 Å². The number of imide groups is 1. The number of hydrogen-bond acceptors (Lipinski definition) is 5. The van der Waals surface area contributed by atoms with Crippen molar-refractivity contribution in [2.24, 2.45) is 0 Å². The predicted octanol–water partition coefficient (Wildman–Crippen LogP) is 1.37. The van der Waals surface area contributed by atoms with Gasteiger partial charge < -0.3 is 14.8 Å². The highest BCUT2D eigenvalue weighted by Gasteiger charge is 2.34. The molecule has 7 nitrogen and oxygen atoms in total. The summed E-state index contributed by atoms with van der Waals surface area (Å²) in [5, 5.41) is 5.39. The van der Waals surface area contributed by atoms with Crippen LogP contribution in [0.1, 0.15) is 51.4 Å². The molecule has 3 fully saturated rings. The molecule has 1 atom stereocenters. The second-order valence-electron chi connectivity index (χ2n) is 7.00. The van der Waals surface area contributed by atoms with Gasteiger partial charge in [0.05, 0.1) is 25.8 Å². The molecule has 2 aliphatic heterocycles. The van der Waals surface area contributed by atoms with Gasteiger partial charge in [0.25, 0.3) is 0 Å². The van der Waals surface area contributed by atoms with E-state index in [1.165, 1.54) is 6.42 Å². The Hall–Kier alpha value is -1.18. The lowest BCUT2D eigenvalue weighted by Gasteiger charge is -2.37. The maximum absolute atomic E-state index is 12.2. The van der Waals surface area contributed by atoms with Crippen LogP contribution in [0, 0.1) is 0 Å². The molecular formula is C17H29N3O4. The highest BCUT2D eigenvalue weighted by Crippen LogP contribution is 2.24. The Bertz CT molecular complexity index is 434. The van der Waals surface area contributed by atoms with E-state index < -0.39 is 0 Å². The van der Waals surface area contributed by atoms with Gasteiger partial charge in [-0.15, -0.1) is 0 Å². The van der Waals surface area contributed by atoms with Gasteiger partial charge in [-0.05, 0) is 32.2 Å². The molecule has 136 valence electrons. The van der Waals surface area contributed by atoms with Crippen LogP contribution in [0.5, 0.6) is 0 Å². The molecule has 3 rings (SSSR count). The maximum atomic E-state index is 12.2. The third kappa shape index (κ3) is 4.91. The zero-order chi connectivity index (χ0) is 16.8. The van der Waals surface area contributed by atoms with E-state index in [-0.39, 0.29) is 36.9 Å². The number of ether oxygens (including phenoxy) is 2. The number of piperidine rings is 1. The molecule has 0 aromatic carbocycles. The Labute approximate surface area is 143 Å². The third-order valence-corrected chi connectivity index (χ3v) is 5.17. The molecule has 2 saturated heterocycles. The second kappa shape index (κ2) is 8.78. The predicted molar refractivity (Wildman–Crippen MR) is 88.5 cm³/mol. The number of likely N-dealkylation sites (tertiary alicyclic amines) is 1. The van der Waals surface area contributed by atoms with E-state index in [1.807, 2.05) is 0 Å². The van der Waals surface area contributed by atoms with E-state index in [4.69, 9.17) is 9.47 Å². The van der Waals surface area contributed by atoms with Crippen molar-refractivity contribution >= 4 is 11.9 Å². The number of amides is 3. The van der Waals surface area contributed by atoms with Crippen molar-refractivity contribution in [3.63, 3.8) is 0 Å². The number of carbonyl (C=O) groups is 2. The fourth-order valence-electron chi connectivity index (χ4n) is 3.94. The molecule has 0 aromatic heterocycles. The molecular weight excluding hydrogens is 310 g/mol. The van der Waals surface area contributed by atoms with E-state index in [2.05, 4.69) is 15.5 Å². The molecule has 1 saturated carbocycles. The standard InChI is InChI=1S/C17H29N3O4/c21-15(19-17(22)18-13-6-2-1-3-7-13)12-20-9-5-4-8-14(20)16-23-10-11-24-16/h13-14,16H,1-12H2,(H2,18,19,21,22). The number of nitrogens with one attached hydrogen (secondary N) is 2. The summed E-state index contributed by atoms with van der Waals surface area (Å²) >= 11 is 0. The van der Waals surface area contributed by atoms with Gasteiger partial charge in [0, 0.05) is 6.04 Å². The Morgan fingerprint density at radius 3 is 2.42 bits per heavy atom. The van der Waals surface area contributed by atoms with Gasteiger partial charge >= 0.3 is 6.03 Å². The molecule has 1 unspecified atom stereocenters. The average Bonchev–Trinajstić information content (AvgIpc) is 3.10. The first-order chi connectivity index (χ1) is 11.7. The molecule has 0 spiro atoms. The second-order valence-corrected chi connectivity index (χ2v) is 7.00. The first kappa shape index (κ1) is 17.6. The van der Waals surface area contributed by atoms with Crippen molar-refractivity contribution in [3.8, 4) is 0 Å². The Balaban J connectivity index is 1.44. The lowest BCUT2D eigenvalue weighted by atomic mass is 9.96. The van der Waals surface area contributed by atoms with Gasteiger partial charge in [0.2, 0.25) is 5.91 Å². The van der Waals surface area contributed by atoms with Crippen molar-refractivity contribution in [1.29, 1.82) is 0 Å². The highest BCUT2D eigenvalue weighted by atomic mass is 16.7. The van der Waals surface area contributed by atoms with Crippen molar-refractivity contribution < 1.29 is 19.1 Å². The fraction of sp³-hybridized carbons (Fsp3) is 0.882. The summed E-state index contributed by atoms with van der Waals surface area (Å²) in [6.07, 6.45) is 8.45. The average molecular weight is 339 g/mol. The van der Waals surface area contributed by atoms with Crippen LogP contribution in [0.3, 0.4) is 0 Å². The Morgan fingerprint density at radius 1 is 0.958 bits per heavy atom. The van der Waals surface area contributed by atoms with Crippen LogP contribution in [0.4, 0.5) is 4.79 Å². The van der Waals surface area contributed by atoms with Crippen molar-refractivity contribution in [3.05, 3.63) is 0 Å². The SMILES string of the molecule is O=C(CN1CCCCC1C1OCCO1)NC(=O)NC1CCCCC1. The number of rotatable bonds is 4. The van der Waals surface area contributed by atoms with Crippen LogP contribution in [0.15, 0.2) is 0 Å². The number of carbonyl (C=O) groups excluding carboxylic acids is 2. The molecule has 3 amide bonds. The van der Waals surface area contributed by atoms with Gasteiger partial charge in [-0.2, -0.15) is 0 Å². The minimum absolute atomic E-state index is 0.105. The van der Waals surface area contributed by atoms with Gasteiger partial charge in [-0.3, -0.25) is 15.0 Å². The zero-order valence-corrected chi connectivity index (χ0v) is 14.3. The van der Waals surface area contributed by atoms with Crippen LogP contribution in [0.25, 0.3) is 0 Å². The molecule has 7 heteroatoms. The monoisotopic (exact) mass is 339 g/mol. The van der Waals surface area contributed by atoms with Crippen LogP contribution in [0.2, 0.25) is 0 Å². The first-order valence-electron chi connectivity index (χ1n) is 9.30. The zero-order valence-electron chi connectivity index (χ0n) is 14.3. The van der Waals surface area contributed by atoms with E-state index in [0.717, 1.165) is 51.5 Å². The van der Waals surface area contributed by atoms with E-state index in [0.29, 0.717) is 13.2 Å². The molecule has 3 aliphatic rings. The largest absolute Gasteiger partial charge is 0.349 e. The minimum Gasteiger partial charge on any atom is -0.349 e. The van der Waals surface area contributed by atoms with Crippen molar-refractivity contribution in [2.45, 2.75) is 69.7 Å². The molecule has 24 heavy (non-hydrogen) atoms. The van der Waals surface area contributed by atoms with Crippen molar-refractivity contribution in [2.75, 3.05) is 26.3 Å². The van der Waals surface area contributed by atoms with E-state index in [1.54, 1.807) is 0 Å². The molecule has 0 aromatic rings. The summed E-state index contributed by atoms with van der Waals surface area (Å²) in [5.41, 5.74) is 0. The smallest absolute Gasteiger partial charge is 0.321 e. The Morgan fingerprint density at radius 2 is 1.67 bits per heavy atom. The first-order valence-corrected chi connectivity index (χ1v) is 9.30. The van der Waals surface area contributed by atoms with E-state index in [9.17, 15) is 9.59 Å². The molecule has 1 aliphatic carbocycles. The number of urea groups is 1. The summed E-state index contributed by atoms with van der Waals surface area (Å²) in [6, 6.07) is -0.0585. The lowest BCUT2D eigenvalue weighted by molar-refractivity contribution is -0.130. The molecule has 0 radical (unpaired) electrons. The van der Waals surface area contributed by atoms with Gasteiger partial charge in [0.15, 0.2) is 6.29 Å². The quantitative estimate of drug-likeness (QED) is 0.809. The minimum atomic E-state index is -0.367. The van der Waals surface area contributed by atoms with Crippen LogP contribution < -0.4 is 10.6 Å². The summed E-state index contributed by atoms with van der Waals surface area (Å²) in [5.74, 6) is -0.256. The highest BCUT2D eigenvalue weighted by molar-refractivity contribution is 5.95. The summed E-state index contributed by atoms with van der Waals surface area (Å²) in [7, 11) is 0. The van der Waals surface area contributed by atoms with Gasteiger partial charge in [0.1, 0.15) is 0 Å². The third-order valence-electron chi connectivity index (χ3n) is 5.17. The normalized spacial score (nSPS) is 27.1. The number of nitrogens with zero attached hydrogens (tertiary/aromatic N) is 1. The molecule has 2 heterocycles. The molecule has 0 bridgehead atoms. The van der Waals surface area contributed by atoms with Crippen molar-refractivity contribution in [1.82, 2.24) is 15.5 Å². The molecule has 2 N–H and O–H groups in total. The van der Waals surface area contributed by atoms with Crippen LogP contribution in [-0.4, -0.2) is 61.5 Å².